The van der Waals surface area contributed by atoms with Crippen molar-refractivity contribution in [2.24, 2.45) is 0 Å². The molecule has 0 saturated carbocycles. The lowest BCUT2D eigenvalue weighted by Gasteiger charge is -2.00. The van der Waals surface area contributed by atoms with Crippen molar-refractivity contribution in [3.05, 3.63) is 29.6 Å². The van der Waals surface area contributed by atoms with Crippen molar-refractivity contribution in [3.63, 3.8) is 0 Å². The van der Waals surface area contributed by atoms with Gasteiger partial charge in [-0.1, -0.05) is 6.92 Å². The summed E-state index contributed by atoms with van der Waals surface area (Å²) >= 11 is 1.02. The lowest BCUT2D eigenvalue weighted by atomic mass is 10.3. The fourth-order valence-electron chi connectivity index (χ4n) is 0.726. The van der Waals surface area contributed by atoms with Crippen LogP contribution >= 0.6 is 11.8 Å². The molecule has 0 amide bonds. The molecule has 0 unspecified atom stereocenters. The first-order valence-corrected chi connectivity index (χ1v) is 4.33. The molecule has 4 heteroatoms. The van der Waals surface area contributed by atoms with E-state index in [9.17, 15) is 13.2 Å². The third-order valence-electron chi connectivity index (χ3n) is 1.18. The van der Waals surface area contributed by atoms with Crippen molar-refractivity contribution in [1.29, 1.82) is 0 Å². The van der Waals surface area contributed by atoms with E-state index in [2.05, 4.69) is 6.07 Å². The van der Waals surface area contributed by atoms with Crippen LogP contribution in [0.15, 0.2) is 11.0 Å². The van der Waals surface area contributed by atoms with Crippen molar-refractivity contribution >= 4 is 11.8 Å². The molecule has 0 spiro atoms. The van der Waals surface area contributed by atoms with Crippen molar-refractivity contribution in [2.75, 3.05) is 5.75 Å². The number of hydrogen-bond donors (Lipinski definition) is 0. The Kier molecular flexibility index (Phi) is 3.03. The number of rotatable bonds is 2. The van der Waals surface area contributed by atoms with Crippen LogP contribution in [0, 0.1) is 23.5 Å². The molecule has 0 saturated heterocycles. The summed E-state index contributed by atoms with van der Waals surface area (Å²) in [6.07, 6.45) is 0. The van der Waals surface area contributed by atoms with Crippen molar-refractivity contribution < 1.29 is 13.2 Å². The Hall–Kier alpha value is -0.640. The molecule has 1 rings (SSSR count). The van der Waals surface area contributed by atoms with E-state index in [0.29, 0.717) is 11.8 Å². The standard InChI is InChI=1S/C8H6F3S/c1-2-12-7-4-5(9)3-6(10)8(7)11/h3H,2H2,1H3. The highest BCUT2D eigenvalue weighted by Gasteiger charge is 2.10. The van der Waals surface area contributed by atoms with Gasteiger partial charge in [-0.3, -0.25) is 0 Å². The first-order chi connectivity index (χ1) is 5.65. The smallest absolute Gasteiger partial charge is 0.173 e. The molecule has 0 bridgehead atoms. The maximum absolute atomic E-state index is 12.8. The van der Waals surface area contributed by atoms with Gasteiger partial charge in [-0.25, -0.2) is 13.2 Å². The summed E-state index contributed by atoms with van der Waals surface area (Å²) in [4.78, 5) is -0.102. The molecular weight excluding hydrogens is 185 g/mol. The predicted molar refractivity (Wildman–Crippen MR) is 41.6 cm³/mol. The van der Waals surface area contributed by atoms with Crippen LogP contribution < -0.4 is 0 Å². The Morgan fingerprint density at radius 2 is 2.08 bits per heavy atom. The zero-order valence-corrected chi connectivity index (χ0v) is 7.14. The molecule has 0 atom stereocenters. The van der Waals surface area contributed by atoms with Crippen LogP contribution in [-0.2, 0) is 0 Å². The van der Waals surface area contributed by atoms with Crippen molar-refractivity contribution in [1.82, 2.24) is 0 Å². The zero-order chi connectivity index (χ0) is 9.14. The molecular formula is C8H6F3S. The second kappa shape index (κ2) is 3.85. The lowest BCUT2D eigenvalue weighted by Crippen LogP contribution is -1.90. The van der Waals surface area contributed by atoms with Crippen LogP contribution in [0.25, 0.3) is 0 Å². The van der Waals surface area contributed by atoms with Crippen LogP contribution in [0.3, 0.4) is 0 Å². The van der Waals surface area contributed by atoms with E-state index >= 15 is 0 Å². The fourth-order valence-corrected chi connectivity index (χ4v) is 1.41. The maximum atomic E-state index is 12.8. The summed E-state index contributed by atoms with van der Waals surface area (Å²) in [5.74, 6) is -2.51. The average molecular weight is 191 g/mol. The summed E-state index contributed by atoms with van der Waals surface area (Å²) in [6.45, 7) is 1.76. The van der Waals surface area contributed by atoms with Gasteiger partial charge in [0.15, 0.2) is 11.6 Å². The van der Waals surface area contributed by atoms with Crippen LogP contribution in [0.5, 0.6) is 0 Å². The fraction of sp³-hybridized carbons (Fsp3) is 0.250. The molecule has 1 aromatic carbocycles. The normalized spacial score (nSPS) is 10.3. The highest BCUT2D eigenvalue weighted by atomic mass is 32.2. The van der Waals surface area contributed by atoms with Gasteiger partial charge in [-0.05, 0) is 5.75 Å². The Morgan fingerprint density at radius 3 is 2.67 bits per heavy atom. The van der Waals surface area contributed by atoms with Gasteiger partial charge in [0.1, 0.15) is 5.82 Å². The number of halogens is 3. The molecule has 0 aliphatic carbocycles. The Morgan fingerprint density at radius 1 is 1.42 bits per heavy atom. The maximum Gasteiger partial charge on any atom is 0.173 e. The van der Waals surface area contributed by atoms with Crippen LogP contribution in [0.4, 0.5) is 13.2 Å². The SMILES string of the molecule is CCSc1[c]c(F)cc(F)c1F. The van der Waals surface area contributed by atoms with E-state index in [-0.39, 0.29) is 4.90 Å². The van der Waals surface area contributed by atoms with E-state index in [4.69, 9.17) is 0 Å². The van der Waals surface area contributed by atoms with Crippen LogP contribution in [0.1, 0.15) is 6.92 Å². The molecule has 0 aliphatic heterocycles. The molecule has 65 valence electrons. The Labute approximate surface area is 72.8 Å². The molecule has 12 heavy (non-hydrogen) atoms. The van der Waals surface area contributed by atoms with Crippen LogP contribution in [-0.4, -0.2) is 5.75 Å². The van der Waals surface area contributed by atoms with E-state index in [1.165, 1.54) is 0 Å². The third-order valence-corrected chi connectivity index (χ3v) is 2.04. The summed E-state index contributed by atoms with van der Waals surface area (Å²) < 4.78 is 37.7. The van der Waals surface area contributed by atoms with Gasteiger partial charge in [0.2, 0.25) is 0 Å². The minimum atomic E-state index is -1.16. The van der Waals surface area contributed by atoms with E-state index in [1.54, 1.807) is 6.92 Å². The van der Waals surface area contributed by atoms with Gasteiger partial charge in [0.25, 0.3) is 0 Å². The molecule has 0 aliphatic rings. The highest BCUT2D eigenvalue weighted by molar-refractivity contribution is 7.99. The monoisotopic (exact) mass is 191 g/mol. The summed E-state index contributed by atoms with van der Waals surface area (Å²) in [6, 6.07) is 2.58. The quantitative estimate of drug-likeness (QED) is 0.511. The molecule has 0 N–H and O–H groups in total. The van der Waals surface area contributed by atoms with Crippen molar-refractivity contribution in [3.8, 4) is 0 Å². The minimum absolute atomic E-state index is 0.102. The van der Waals surface area contributed by atoms with Gasteiger partial charge in [-0.2, -0.15) is 0 Å². The molecule has 1 aromatic rings. The van der Waals surface area contributed by atoms with E-state index in [0.717, 1.165) is 11.8 Å². The topological polar surface area (TPSA) is 0 Å². The summed E-state index contributed by atoms with van der Waals surface area (Å²) in [7, 11) is 0. The largest absolute Gasteiger partial charge is 0.206 e. The zero-order valence-electron chi connectivity index (χ0n) is 6.33. The number of hydrogen-bond acceptors (Lipinski definition) is 1. The summed E-state index contributed by atoms with van der Waals surface area (Å²) in [5, 5.41) is 0. The highest BCUT2D eigenvalue weighted by Crippen LogP contribution is 2.23. The van der Waals surface area contributed by atoms with E-state index in [1.807, 2.05) is 0 Å². The average Bonchev–Trinajstić information content (AvgIpc) is 2.00. The van der Waals surface area contributed by atoms with Crippen LogP contribution in [0.2, 0.25) is 0 Å². The minimum Gasteiger partial charge on any atom is -0.206 e. The Bertz CT molecular complexity index is 286. The number of thioether (sulfide) groups is 1. The van der Waals surface area contributed by atoms with Gasteiger partial charge in [-0.15, -0.1) is 11.8 Å². The Balaban J connectivity index is 3.09. The molecule has 1 radical (unpaired) electrons. The van der Waals surface area contributed by atoms with E-state index < -0.39 is 17.5 Å². The second-order valence-electron chi connectivity index (χ2n) is 2.04. The first kappa shape index (κ1) is 9.45. The molecule has 0 aromatic heterocycles. The third kappa shape index (κ3) is 1.94. The van der Waals surface area contributed by atoms with Gasteiger partial charge in [0, 0.05) is 12.1 Å². The lowest BCUT2D eigenvalue weighted by molar-refractivity contribution is 0.476. The van der Waals surface area contributed by atoms with Gasteiger partial charge in [0.05, 0.1) is 4.90 Å². The van der Waals surface area contributed by atoms with Crippen molar-refractivity contribution in [2.45, 2.75) is 11.8 Å². The first-order valence-electron chi connectivity index (χ1n) is 3.34. The predicted octanol–water partition coefficient (Wildman–Crippen LogP) is 3.02. The van der Waals surface area contributed by atoms with Gasteiger partial charge < -0.3 is 0 Å². The summed E-state index contributed by atoms with van der Waals surface area (Å²) in [5.41, 5.74) is 0. The number of benzene rings is 1. The van der Waals surface area contributed by atoms with Gasteiger partial charge >= 0.3 is 0 Å². The molecule has 0 nitrogen and oxygen atoms in total. The second-order valence-corrected chi connectivity index (χ2v) is 3.32. The molecule has 0 heterocycles. The molecule has 0 fully saturated rings.